The Labute approximate surface area is 195 Å². The largest absolute Gasteiger partial charge is 0.484 e. The highest BCUT2D eigenvalue weighted by Gasteiger charge is 2.26. The van der Waals surface area contributed by atoms with Crippen molar-refractivity contribution in [3.63, 3.8) is 0 Å². The molecule has 1 aliphatic rings. The molecule has 4 rings (SSSR count). The third kappa shape index (κ3) is 5.77. The van der Waals surface area contributed by atoms with Gasteiger partial charge >= 0.3 is 0 Å². The second-order valence-electron chi connectivity index (χ2n) is 7.34. The summed E-state index contributed by atoms with van der Waals surface area (Å²) in [4.78, 5) is 13.6. The SMILES string of the molecule is O=C(COc1ccc(S(=O)(=O)N2CCOCC2)cc1)N[C@H](c1ccc(F)cc1)c1cccs1. The van der Waals surface area contributed by atoms with Crippen molar-refractivity contribution in [2.75, 3.05) is 32.9 Å². The number of benzene rings is 2. The van der Waals surface area contributed by atoms with Crippen LogP contribution in [-0.4, -0.2) is 51.5 Å². The lowest BCUT2D eigenvalue weighted by molar-refractivity contribution is -0.123. The average Bonchev–Trinajstić information content (AvgIpc) is 3.37. The number of amides is 1. The van der Waals surface area contributed by atoms with Gasteiger partial charge in [0.2, 0.25) is 10.0 Å². The summed E-state index contributed by atoms with van der Waals surface area (Å²) in [6, 6.07) is 15.3. The number of hydrogen-bond acceptors (Lipinski definition) is 6. The van der Waals surface area contributed by atoms with Crippen LogP contribution in [0, 0.1) is 5.82 Å². The fourth-order valence-electron chi connectivity index (χ4n) is 3.42. The van der Waals surface area contributed by atoms with Gasteiger partial charge < -0.3 is 14.8 Å². The number of rotatable bonds is 8. The van der Waals surface area contributed by atoms with E-state index in [4.69, 9.17) is 9.47 Å². The maximum Gasteiger partial charge on any atom is 0.258 e. The summed E-state index contributed by atoms with van der Waals surface area (Å²) < 4.78 is 50.9. The van der Waals surface area contributed by atoms with Crippen molar-refractivity contribution in [1.82, 2.24) is 9.62 Å². The number of carbonyl (C=O) groups is 1. The molecule has 2 aromatic carbocycles. The van der Waals surface area contributed by atoms with E-state index in [9.17, 15) is 17.6 Å². The molecule has 1 fully saturated rings. The average molecular weight is 491 g/mol. The second-order valence-corrected chi connectivity index (χ2v) is 10.3. The van der Waals surface area contributed by atoms with Gasteiger partial charge in [0.15, 0.2) is 6.61 Å². The molecule has 0 saturated carbocycles. The molecule has 0 radical (unpaired) electrons. The van der Waals surface area contributed by atoms with Gasteiger partial charge in [0.1, 0.15) is 11.6 Å². The van der Waals surface area contributed by atoms with Crippen molar-refractivity contribution in [2.45, 2.75) is 10.9 Å². The van der Waals surface area contributed by atoms with Crippen LogP contribution in [0.3, 0.4) is 0 Å². The zero-order valence-electron chi connectivity index (χ0n) is 17.6. The summed E-state index contributed by atoms with van der Waals surface area (Å²) in [5.74, 6) is -0.333. The Kier molecular flexibility index (Phi) is 7.39. The third-order valence-electron chi connectivity index (χ3n) is 5.14. The molecule has 3 aromatic rings. The van der Waals surface area contributed by atoms with Crippen molar-refractivity contribution in [3.05, 3.63) is 82.3 Å². The first-order chi connectivity index (χ1) is 15.9. The van der Waals surface area contributed by atoms with Crippen molar-refractivity contribution >= 4 is 27.3 Å². The zero-order chi connectivity index (χ0) is 23.3. The zero-order valence-corrected chi connectivity index (χ0v) is 19.3. The van der Waals surface area contributed by atoms with E-state index in [2.05, 4.69) is 5.32 Å². The first-order valence-electron chi connectivity index (χ1n) is 10.3. The van der Waals surface area contributed by atoms with Gasteiger partial charge in [-0.1, -0.05) is 18.2 Å². The molecular weight excluding hydrogens is 467 g/mol. The molecule has 2 heterocycles. The van der Waals surface area contributed by atoms with Crippen LogP contribution in [0.2, 0.25) is 0 Å². The minimum absolute atomic E-state index is 0.162. The molecule has 1 amide bonds. The van der Waals surface area contributed by atoms with Gasteiger partial charge in [-0.25, -0.2) is 12.8 Å². The van der Waals surface area contributed by atoms with Gasteiger partial charge in [-0.2, -0.15) is 4.31 Å². The summed E-state index contributed by atoms with van der Waals surface area (Å²) in [6.45, 7) is 1.14. The van der Waals surface area contributed by atoms with Crippen LogP contribution >= 0.6 is 11.3 Å². The predicted octanol–water partition coefficient (Wildman–Crippen LogP) is 3.19. The molecule has 1 saturated heterocycles. The topological polar surface area (TPSA) is 84.9 Å². The number of morpholine rings is 1. The molecule has 1 N–H and O–H groups in total. The number of sulfonamides is 1. The molecular formula is C23H23FN2O5S2. The summed E-state index contributed by atoms with van der Waals surface area (Å²) >= 11 is 1.48. The van der Waals surface area contributed by atoms with Crippen LogP contribution in [0.25, 0.3) is 0 Å². The molecule has 33 heavy (non-hydrogen) atoms. The number of hydrogen-bond donors (Lipinski definition) is 1. The van der Waals surface area contributed by atoms with Crippen molar-refractivity contribution in [2.24, 2.45) is 0 Å². The molecule has 1 aliphatic heterocycles. The number of thiophene rings is 1. The van der Waals surface area contributed by atoms with Gasteiger partial charge in [-0.3, -0.25) is 4.79 Å². The third-order valence-corrected chi connectivity index (χ3v) is 7.99. The van der Waals surface area contributed by atoms with E-state index in [1.54, 1.807) is 12.1 Å². The number of nitrogens with one attached hydrogen (secondary N) is 1. The van der Waals surface area contributed by atoms with E-state index >= 15 is 0 Å². The Balaban J connectivity index is 1.38. The monoisotopic (exact) mass is 490 g/mol. The van der Waals surface area contributed by atoms with Crippen LogP contribution in [0.5, 0.6) is 5.75 Å². The Morgan fingerprint density at radius 1 is 1.09 bits per heavy atom. The number of halogens is 1. The molecule has 0 unspecified atom stereocenters. The van der Waals surface area contributed by atoms with E-state index in [0.29, 0.717) is 32.1 Å². The van der Waals surface area contributed by atoms with Crippen LogP contribution in [0.15, 0.2) is 70.9 Å². The van der Waals surface area contributed by atoms with Crippen LogP contribution in [-0.2, 0) is 19.6 Å². The molecule has 1 atom stereocenters. The lowest BCUT2D eigenvalue weighted by atomic mass is 10.1. The molecule has 0 spiro atoms. The minimum atomic E-state index is -3.59. The Morgan fingerprint density at radius 2 is 1.79 bits per heavy atom. The van der Waals surface area contributed by atoms with Crippen molar-refractivity contribution < 1.29 is 27.1 Å². The molecule has 174 valence electrons. The molecule has 0 bridgehead atoms. The molecule has 7 nitrogen and oxygen atoms in total. The fourth-order valence-corrected chi connectivity index (χ4v) is 5.64. The first kappa shape index (κ1) is 23.4. The maximum atomic E-state index is 13.3. The van der Waals surface area contributed by atoms with E-state index in [-0.39, 0.29) is 23.2 Å². The van der Waals surface area contributed by atoms with Crippen molar-refractivity contribution in [1.29, 1.82) is 0 Å². The summed E-state index contributed by atoms with van der Waals surface area (Å²) in [5.41, 5.74) is 0.755. The fraction of sp³-hybridized carbons (Fsp3) is 0.261. The Hall–Kier alpha value is -2.79. The lowest BCUT2D eigenvalue weighted by Crippen LogP contribution is -2.40. The predicted molar refractivity (Wildman–Crippen MR) is 122 cm³/mol. The summed E-state index contributed by atoms with van der Waals surface area (Å²) in [5, 5.41) is 4.82. The maximum absolute atomic E-state index is 13.3. The normalized spacial score (nSPS) is 15.7. The minimum Gasteiger partial charge on any atom is -0.484 e. The smallest absolute Gasteiger partial charge is 0.258 e. The molecule has 1 aromatic heterocycles. The first-order valence-corrected chi connectivity index (χ1v) is 12.6. The number of ether oxygens (including phenoxy) is 2. The quantitative estimate of drug-likeness (QED) is 0.524. The van der Waals surface area contributed by atoms with Gasteiger partial charge in [0.05, 0.1) is 24.2 Å². The highest BCUT2D eigenvalue weighted by molar-refractivity contribution is 7.89. The Morgan fingerprint density at radius 3 is 2.42 bits per heavy atom. The van der Waals surface area contributed by atoms with Gasteiger partial charge in [-0.15, -0.1) is 11.3 Å². The van der Waals surface area contributed by atoms with Gasteiger partial charge in [-0.05, 0) is 53.4 Å². The highest BCUT2D eigenvalue weighted by Crippen LogP contribution is 2.26. The van der Waals surface area contributed by atoms with E-state index in [1.807, 2.05) is 17.5 Å². The van der Waals surface area contributed by atoms with Crippen LogP contribution in [0.4, 0.5) is 4.39 Å². The Bertz CT molecular complexity index is 1160. The second kappa shape index (κ2) is 10.4. The van der Waals surface area contributed by atoms with E-state index in [1.165, 1.54) is 52.0 Å². The van der Waals surface area contributed by atoms with Gasteiger partial charge in [0, 0.05) is 18.0 Å². The van der Waals surface area contributed by atoms with Gasteiger partial charge in [0.25, 0.3) is 5.91 Å². The molecule has 10 heteroatoms. The molecule has 0 aliphatic carbocycles. The number of carbonyl (C=O) groups excluding carboxylic acids is 1. The number of nitrogens with zero attached hydrogens (tertiary/aromatic N) is 1. The lowest BCUT2D eigenvalue weighted by Gasteiger charge is -2.26. The van der Waals surface area contributed by atoms with Crippen LogP contribution < -0.4 is 10.1 Å². The van der Waals surface area contributed by atoms with E-state index in [0.717, 1.165) is 10.4 Å². The van der Waals surface area contributed by atoms with Crippen LogP contribution in [0.1, 0.15) is 16.5 Å². The van der Waals surface area contributed by atoms with E-state index < -0.39 is 16.1 Å². The highest BCUT2D eigenvalue weighted by atomic mass is 32.2. The van der Waals surface area contributed by atoms with Crippen molar-refractivity contribution in [3.8, 4) is 5.75 Å². The summed E-state index contributed by atoms with van der Waals surface area (Å²) in [7, 11) is -3.59. The summed E-state index contributed by atoms with van der Waals surface area (Å²) in [6.07, 6.45) is 0. The standard InChI is InChI=1S/C23H23FN2O5S2/c24-18-5-3-17(4-6-18)23(21-2-1-15-32-21)25-22(27)16-31-19-7-9-20(10-8-19)33(28,29)26-11-13-30-14-12-26/h1-10,15,23H,11-14,16H2,(H,25,27)/t23-/m1/s1.